The van der Waals surface area contributed by atoms with E-state index in [1.807, 2.05) is 9.80 Å². The van der Waals surface area contributed by atoms with Gasteiger partial charge < -0.3 is 19.5 Å². The third kappa shape index (κ3) is 2.98. The predicted molar refractivity (Wildman–Crippen MR) is 92.2 cm³/mol. The van der Waals surface area contributed by atoms with Crippen molar-refractivity contribution in [1.82, 2.24) is 19.8 Å². The topological polar surface area (TPSA) is 61.5 Å². The molecule has 2 aliphatic rings. The van der Waals surface area contributed by atoms with Gasteiger partial charge in [-0.25, -0.2) is 9.78 Å². The first-order chi connectivity index (χ1) is 11.7. The van der Waals surface area contributed by atoms with E-state index in [4.69, 9.17) is 9.72 Å². The molecule has 4 rings (SSSR count). The Hall–Kier alpha value is -2.08. The second kappa shape index (κ2) is 6.43. The molecule has 6 heteroatoms. The molecule has 0 radical (unpaired) electrons. The third-order valence-corrected chi connectivity index (χ3v) is 5.02. The number of fused-ring (bicyclic) bond motifs is 1. The molecule has 2 fully saturated rings. The van der Waals surface area contributed by atoms with Crippen molar-refractivity contribution in [2.24, 2.45) is 0 Å². The van der Waals surface area contributed by atoms with Crippen LogP contribution in [0.3, 0.4) is 0 Å². The van der Waals surface area contributed by atoms with Crippen LogP contribution in [-0.2, 0) is 4.74 Å². The summed E-state index contributed by atoms with van der Waals surface area (Å²) < 4.78 is 5.34. The molecule has 0 saturated carbocycles. The summed E-state index contributed by atoms with van der Waals surface area (Å²) in [5.41, 5.74) is 3.32. The Morgan fingerprint density at radius 1 is 1.25 bits per heavy atom. The van der Waals surface area contributed by atoms with E-state index in [1.165, 1.54) is 5.56 Å². The van der Waals surface area contributed by atoms with Gasteiger partial charge in [-0.2, -0.15) is 0 Å². The molecular weight excluding hydrogens is 304 g/mol. The van der Waals surface area contributed by atoms with Gasteiger partial charge in [0, 0.05) is 32.1 Å². The third-order valence-electron chi connectivity index (χ3n) is 5.02. The van der Waals surface area contributed by atoms with Gasteiger partial charge in [0.05, 0.1) is 24.2 Å². The van der Waals surface area contributed by atoms with E-state index in [-0.39, 0.29) is 11.9 Å². The maximum atomic E-state index is 12.7. The number of urea groups is 1. The van der Waals surface area contributed by atoms with Crippen LogP contribution in [0.4, 0.5) is 4.79 Å². The molecule has 1 N–H and O–H groups in total. The number of aryl methyl sites for hydroxylation is 1. The second-order valence-corrected chi connectivity index (χ2v) is 6.81. The number of morpholine rings is 1. The first kappa shape index (κ1) is 15.4. The summed E-state index contributed by atoms with van der Waals surface area (Å²) in [5, 5.41) is 0. The van der Waals surface area contributed by atoms with Gasteiger partial charge in [-0.15, -0.1) is 0 Å². The van der Waals surface area contributed by atoms with Crippen molar-refractivity contribution < 1.29 is 9.53 Å². The van der Waals surface area contributed by atoms with Crippen molar-refractivity contribution in [3.63, 3.8) is 0 Å². The highest BCUT2D eigenvalue weighted by atomic mass is 16.5. The largest absolute Gasteiger partial charge is 0.378 e. The smallest absolute Gasteiger partial charge is 0.320 e. The van der Waals surface area contributed by atoms with Gasteiger partial charge in [-0.3, -0.25) is 0 Å². The van der Waals surface area contributed by atoms with Gasteiger partial charge in [0.2, 0.25) is 0 Å². The normalized spacial score (nSPS) is 22.1. The van der Waals surface area contributed by atoms with Gasteiger partial charge in [0.25, 0.3) is 0 Å². The Morgan fingerprint density at radius 3 is 2.92 bits per heavy atom. The summed E-state index contributed by atoms with van der Waals surface area (Å²) in [5.74, 6) is 1.30. The molecular formula is C18H24N4O2. The van der Waals surface area contributed by atoms with E-state index in [0.717, 1.165) is 42.8 Å². The molecule has 0 bridgehead atoms. The monoisotopic (exact) mass is 328 g/mol. The highest BCUT2D eigenvalue weighted by Gasteiger charge is 2.30. The number of rotatable bonds is 1. The van der Waals surface area contributed by atoms with E-state index < -0.39 is 0 Å². The number of nitrogens with zero attached hydrogens (tertiary/aromatic N) is 3. The van der Waals surface area contributed by atoms with Crippen LogP contribution in [0, 0.1) is 6.92 Å². The first-order valence-corrected chi connectivity index (χ1v) is 8.78. The Morgan fingerprint density at radius 2 is 2.08 bits per heavy atom. The Labute approximate surface area is 141 Å². The van der Waals surface area contributed by atoms with Gasteiger partial charge in [-0.1, -0.05) is 6.07 Å². The van der Waals surface area contributed by atoms with Gasteiger partial charge >= 0.3 is 6.03 Å². The lowest BCUT2D eigenvalue weighted by atomic mass is 9.97. The average Bonchev–Trinajstić information content (AvgIpc) is 3.05. The minimum atomic E-state index is 0.148. The molecule has 2 aliphatic heterocycles. The zero-order valence-electron chi connectivity index (χ0n) is 14.1. The van der Waals surface area contributed by atoms with Crippen LogP contribution >= 0.6 is 0 Å². The van der Waals surface area contributed by atoms with Crippen LogP contribution in [0.15, 0.2) is 18.2 Å². The number of ether oxygens (including phenoxy) is 1. The number of hydrogen-bond acceptors (Lipinski definition) is 3. The zero-order valence-corrected chi connectivity index (χ0v) is 14.1. The minimum absolute atomic E-state index is 0.148. The van der Waals surface area contributed by atoms with E-state index in [2.05, 4.69) is 30.1 Å². The molecule has 1 aromatic carbocycles. The highest BCUT2D eigenvalue weighted by molar-refractivity contribution is 5.76. The van der Waals surface area contributed by atoms with Crippen molar-refractivity contribution in [1.29, 1.82) is 0 Å². The van der Waals surface area contributed by atoms with E-state index in [0.29, 0.717) is 26.3 Å². The lowest BCUT2D eigenvalue weighted by Gasteiger charge is -2.37. The molecule has 0 spiro atoms. The summed E-state index contributed by atoms with van der Waals surface area (Å²) in [6.45, 7) is 6.36. The van der Waals surface area contributed by atoms with Crippen molar-refractivity contribution >= 4 is 17.1 Å². The Balaban J connectivity index is 1.50. The predicted octanol–water partition coefficient (Wildman–Crippen LogP) is 2.50. The number of likely N-dealkylation sites (tertiary alicyclic amines) is 1. The first-order valence-electron chi connectivity index (χ1n) is 8.78. The molecule has 1 atom stereocenters. The van der Waals surface area contributed by atoms with Crippen molar-refractivity contribution in [2.45, 2.75) is 25.7 Å². The fourth-order valence-electron chi connectivity index (χ4n) is 3.67. The molecule has 2 amide bonds. The molecule has 24 heavy (non-hydrogen) atoms. The number of nitrogens with one attached hydrogen (secondary N) is 1. The van der Waals surface area contributed by atoms with Crippen LogP contribution in [0.1, 0.15) is 30.1 Å². The lowest BCUT2D eigenvalue weighted by Crippen LogP contribution is -2.50. The number of carbonyl (C=O) groups excluding carboxylic acids is 1. The van der Waals surface area contributed by atoms with Crippen molar-refractivity contribution in [3.05, 3.63) is 29.6 Å². The number of aromatic amines is 1. The fourth-order valence-corrected chi connectivity index (χ4v) is 3.67. The number of hydrogen-bond donors (Lipinski definition) is 1. The molecule has 1 aromatic heterocycles. The molecule has 6 nitrogen and oxygen atoms in total. The van der Waals surface area contributed by atoms with Gasteiger partial charge in [0.15, 0.2) is 0 Å². The maximum absolute atomic E-state index is 12.7. The number of aromatic nitrogens is 2. The molecule has 0 aliphatic carbocycles. The number of piperidine rings is 1. The quantitative estimate of drug-likeness (QED) is 0.875. The van der Waals surface area contributed by atoms with Crippen LogP contribution in [0.2, 0.25) is 0 Å². The number of carbonyl (C=O) groups is 1. The number of imidazole rings is 1. The zero-order chi connectivity index (χ0) is 16.5. The molecule has 2 aromatic rings. The van der Waals surface area contributed by atoms with Crippen molar-refractivity contribution in [2.75, 3.05) is 39.4 Å². The summed E-state index contributed by atoms with van der Waals surface area (Å²) in [6.07, 6.45) is 2.10. The highest BCUT2D eigenvalue weighted by Crippen LogP contribution is 2.27. The minimum Gasteiger partial charge on any atom is -0.378 e. The van der Waals surface area contributed by atoms with Gasteiger partial charge in [-0.05, 0) is 37.5 Å². The standard InChI is InChI=1S/C18H24N4O2/c1-13-4-5-15-16(11-13)20-17(19-15)14-3-2-6-22(12-14)18(23)21-7-9-24-10-8-21/h4-5,11,14H,2-3,6-10,12H2,1H3,(H,19,20)/t14-/m0/s1. The van der Waals surface area contributed by atoms with Crippen LogP contribution in [0.5, 0.6) is 0 Å². The van der Waals surface area contributed by atoms with Crippen LogP contribution in [-0.4, -0.2) is 65.2 Å². The fraction of sp³-hybridized carbons (Fsp3) is 0.556. The summed E-state index contributed by atoms with van der Waals surface area (Å²) in [6, 6.07) is 6.42. The molecule has 3 heterocycles. The molecule has 2 saturated heterocycles. The Bertz CT molecular complexity index is 736. The number of amides is 2. The summed E-state index contributed by atoms with van der Waals surface area (Å²) in [4.78, 5) is 24.8. The SMILES string of the molecule is Cc1ccc2nc([C@H]3CCCN(C(=O)N4CCOCC4)C3)[nH]c2c1. The van der Waals surface area contributed by atoms with E-state index in [1.54, 1.807) is 0 Å². The van der Waals surface area contributed by atoms with Crippen molar-refractivity contribution in [3.8, 4) is 0 Å². The molecule has 0 unspecified atom stereocenters. The summed E-state index contributed by atoms with van der Waals surface area (Å²) >= 11 is 0. The Kier molecular flexibility index (Phi) is 4.14. The maximum Gasteiger partial charge on any atom is 0.320 e. The second-order valence-electron chi connectivity index (χ2n) is 6.81. The van der Waals surface area contributed by atoms with Crippen LogP contribution < -0.4 is 0 Å². The lowest BCUT2D eigenvalue weighted by molar-refractivity contribution is 0.0407. The van der Waals surface area contributed by atoms with Gasteiger partial charge in [0.1, 0.15) is 5.82 Å². The van der Waals surface area contributed by atoms with E-state index >= 15 is 0 Å². The number of benzene rings is 1. The van der Waals surface area contributed by atoms with Crippen LogP contribution in [0.25, 0.3) is 11.0 Å². The molecule has 128 valence electrons. The van der Waals surface area contributed by atoms with E-state index in [9.17, 15) is 4.79 Å². The average molecular weight is 328 g/mol. The summed E-state index contributed by atoms with van der Waals surface area (Å²) in [7, 11) is 0. The number of H-pyrrole nitrogens is 1.